The van der Waals surface area contributed by atoms with Crippen LogP contribution in [-0.2, 0) is 0 Å². The van der Waals surface area contributed by atoms with E-state index in [0.717, 1.165) is 12.1 Å². The van der Waals surface area contributed by atoms with E-state index in [0.29, 0.717) is 5.92 Å². The smallest absolute Gasteiger partial charge is 0.0712 e. The molecule has 2 aliphatic rings. The van der Waals surface area contributed by atoms with Crippen molar-refractivity contribution >= 4 is 17.0 Å². The number of aliphatic imine (C=N–C) groups is 1. The van der Waals surface area contributed by atoms with Crippen LogP contribution < -0.4 is 0 Å². The average Bonchev–Trinajstić information content (AvgIpc) is 2.67. The largest absolute Gasteiger partial charge is 0.252 e. The number of para-hydroxylation sites is 1. The van der Waals surface area contributed by atoms with E-state index in [1.807, 2.05) is 0 Å². The third-order valence-corrected chi connectivity index (χ3v) is 3.11. The van der Waals surface area contributed by atoms with Gasteiger partial charge in [0, 0.05) is 17.1 Å². The van der Waals surface area contributed by atoms with Crippen LogP contribution in [0.25, 0.3) is 5.57 Å². The van der Waals surface area contributed by atoms with Crippen LogP contribution in [0, 0.1) is 5.92 Å². The molecule has 15 heavy (non-hydrogen) atoms. The first kappa shape index (κ1) is 8.66. The summed E-state index contributed by atoms with van der Waals surface area (Å²) in [5.41, 5.74) is 4.98. The molecule has 1 aliphatic carbocycles. The summed E-state index contributed by atoms with van der Waals surface area (Å²) in [6.45, 7) is 2.21. The summed E-state index contributed by atoms with van der Waals surface area (Å²) in [7, 11) is 0. The summed E-state index contributed by atoms with van der Waals surface area (Å²) in [6.07, 6.45) is 7.70. The topological polar surface area (TPSA) is 12.4 Å². The molecule has 0 amide bonds. The molecule has 0 radical (unpaired) electrons. The number of benzene rings is 1. The van der Waals surface area contributed by atoms with Crippen LogP contribution in [-0.4, -0.2) is 5.71 Å². The standard InChI is InChI=1S/C14H13N/c1-2-10-6-5-8-12-11-7-3-4-9-13(11)15-14(10)12/h3-10H,2H2,1H3. The maximum atomic E-state index is 4.72. The van der Waals surface area contributed by atoms with Gasteiger partial charge in [-0.25, -0.2) is 0 Å². The molecule has 1 aliphatic heterocycles. The predicted octanol–water partition coefficient (Wildman–Crippen LogP) is 3.75. The highest BCUT2D eigenvalue weighted by atomic mass is 14.8. The summed E-state index contributed by atoms with van der Waals surface area (Å²) in [4.78, 5) is 4.72. The second kappa shape index (κ2) is 3.20. The number of hydrogen-bond donors (Lipinski definition) is 0. The Labute approximate surface area is 89.9 Å². The SMILES string of the molecule is CCC1C=CC=C2C1=Nc1ccccc12. The molecule has 1 atom stereocenters. The molecule has 1 heterocycles. The molecule has 74 valence electrons. The Balaban J connectivity index is 2.16. The van der Waals surface area contributed by atoms with Crippen molar-refractivity contribution in [3.05, 3.63) is 48.1 Å². The first-order valence-corrected chi connectivity index (χ1v) is 5.47. The van der Waals surface area contributed by atoms with Crippen molar-refractivity contribution in [2.24, 2.45) is 10.9 Å². The summed E-state index contributed by atoms with van der Waals surface area (Å²) in [5, 5.41) is 0. The predicted molar refractivity (Wildman–Crippen MR) is 64.4 cm³/mol. The summed E-state index contributed by atoms with van der Waals surface area (Å²) < 4.78 is 0. The van der Waals surface area contributed by atoms with Crippen molar-refractivity contribution in [2.45, 2.75) is 13.3 Å². The fourth-order valence-corrected chi connectivity index (χ4v) is 2.29. The van der Waals surface area contributed by atoms with E-state index >= 15 is 0 Å². The quantitative estimate of drug-likeness (QED) is 0.647. The highest BCUT2D eigenvalue weighted by molar-refractivity contribution is 6.31. The number of nitrogens with zero attached hydrogens (tertiary/aromatic N) is 1. The van der Waals surface area contributed by atoms with E-state index in [4.69, 9.17) is 4.99 Å². The van der Waals surface area contributed by atoms with Gasteiger partial charge in [0.1, 0.15) is 0 Å². The Bertz CT molecular complexity index is 492. The maximum absolute atomic E-state index is 4.72. The Morgan fingerprint density at radius 1 is 1.27 bits per heavy atom. The van der Waals surface area contributed by atoms with E-state index in [9.17, 15) is 0 Å². The molecule has 0 saturated carbocycles. The highest BCUT2D eigenvalue weighted by Crippen LogP contribution is 2.39. The van der Waals surface area contributed by atoms with Gasteiger partial charge in [0.05, 0.1) is 11.4 Å². The number of fused-ring (bicyclic) bond motifs is 3. The summed E-state index contributed by atoms with van der Waals surface area (Å²) in [6, 6.07) is 8.38. The normalized spacial score (nSPS) is 21.8. The minimum Gasteiger partial charge on any atom is -0.252 e. The molecular weight excluding hydrogens is 182 g/mol. The van der Waals surface area contributed by atoms with Gasteiger partial charge in [-0.3, -0.25) is 4.99 Å². The Morgan fingerprint density at radius 2 is 2.13 bits per heavy atom. The molecule has 3 rings (SSSR count). The van der Waals surface area contributed by atoms with Gasteiger partial charge in [0.15, 0.2) is 0 Å². The van der Waals surface area contributed by atoms with Crippen LogP contribution in [0.4, 0.5) is 5.69 Å². The van der Waals surface area contributed by atoms with Gasteiger partial charge >= 0.3 is 0 Å². The molecule has 0 N–H and O–H groups in total. The van der Waals surface area contributed by atoms with E-state index in [1.165, 1.54) is 16.8 Å². The molecule has 0 bridgehead atoms. The summed E-state index contributed by atoms with van der Waals surface area (Å²) >= 11 is 0. The minimum absolute atomic E-state index is 0.498. The molecule has 0 fully saturated rings. The van der Waals surface area contributed by atoms with Crippen LogP contribution in [0.5, 0.6) is 0 Å². The number of rotatable bonds is 1. The minimum atomic E-state index is 0.498. The van der Waals surface area contributed by atoms with Crippen molar-refractivity contribution in [2.75, 3.05) is 0 Å². The Morgan fingerprint density at radius 3 is 3.00 bits per heavy atom. The molecule has 0 aromatic heterocycles. The lowest BCUT2D eigenvalue weighted by Gasteiger charge is -2.15. The monoisotopic (exact) mass is 195 g/mol. The van der Waals surface area contributed by atoms with E-state index in [1.54, 1.807) is 0 Å². The van der Waals surface area contributed by atoms with Gasteiger partial charge in [-0.05, 0) is 12.5 Å². The van der Waals surface area contributed by atoms with Crippen molar-refractivity contribution in [3.63, 3.8) is 0 Å². The lowest BCUT2D eigenvalue weighted by Crippen LogP contribution is -2.12. The second-order valence-corrected chi connectivity index (χ2v) is 3.99. The first-order chi connectivity index (χ1) is 7.40. The molecule has 0 spiro atoms. The van der Waals surface area contributed by atoms with Crippen LogP contribution >= 0.6 is 0 Å². The molecule has 0 saturated heterocycles. The maximum Gasteiger partial charge on any atom is 0.0712 e. The molecule has 1 nitrogen and oxygen atoms in total. The Hall–Kier alpha value is -1.63. The summed E-state index contributed by atoms with van der Waals surface area (Å²) in [5.74, 6) is 0.498. The third kappa shape index (κ3) is 1.19. The molecule has 1 unspecified atom stereocenters. The van der Waals surface area contributed by atoms with Gasteiger partial charge in [-0.15, -0.1) is 0 Å². The van der Waals surface area contributed by atoms with Gasteiger partial charge in [0.25, 0.3) is 0 Å². The Kier molecular flexibility index (Phi) is 1.84. The van der Waals surface area contributed by atoms with Gasteiger partial charge < -0.3 is 0 Å². The van der Waals surface area contributed by atoms with Crippen molar-refractivity contribution in [1.82, 2.24) is 0 Å². The number of hydrogen-bond acceptors (Lipinski definition) is 1. The van der Waals surface area contributed by atoms with Crippen molar-refractivity contribution in [3.8, 4) is 0 Å². The number of allylic oxidation sites excluding steroid dienone is 4. The van der Waals surface area contributed by atoms with E-state index in [2.05, 4.69) is 49.4 Å². The third-order valence-electron chi connectivity index (χ3n) is 3.11. The lowest BCUT2D eigenvalue weighted by molar-refractivity contribution is 0.819. The average molecular weight is 195 g/mol. The van der Waals surface area contributed by atoms with Gasteiger partial charge in [-0.2, -0.15) is 0 Å². The zero-order valence-corrected chi connectivity index (χ0v) is 8.77. The van der Waals surface area contributed by atoms with Crippen molar-refractivity contribution < 1.29 is 0 Å². The molecule has 1 aromatic carbocycles. The second-order valence-electron chi connectivity index (χ2n) is 3.99. The van der Waals surface area contributed by atoms with Gasteiger partial charge in [0.2, 0.25) is 0 Å². The van der Waals surface area contributed by atoms with E-state index in [-0.39, 0.29) is 0 Å². The molecule has 1 aromatic rings. The van der Waals surface area contributed by atoms with Gasteiger partial charge in [-0.1, -0.05) is 43.4 Å². The van der Waals surface area contributed by atoms with E-state index < -0.39 is 0 Å². The van der Waals surface area contributed by atoms with Crippen LogP contribution in [0.1, 0.15) is 18.9 Å². The molecule has 1 heteroatoms. The van der Waals surface area contributed by atoms with Crippen LogP contribution in [0.3, 0.4) is 0 Å². The van der Waals surface area contributed by atoms with Crippen molar-refractivity contribution in [1.29, 1.82) is 0 Å². The fraction of sp³-hybridized carbons (Fsp3) is 0.214. The van der Waals surface area contributed by atoms with Crippen LogP contribution in [0.15, 0.2) is 47.5 Å². The zero-order valence-electron chi connectivity index (χ0n) is 8.77. The zero-order chi connectivity index (χ0) is 10.3. The lowest BCUT2D eigenvalue weighted by atomic mass is 9.88. The molecular formula is C14H13N. The highest BCUT2D eigenvalue weighted by Gasteiger charge is 2.25. The van der Waals surface area contributed by atoms with Crippen LogP contribution in [0.2, 0.25) is 0 Å². The first-order valence-electron chi connectivity index (χ1n) is 5.47. The fourth-order valence-electron chi connectivity index (χ4n) is 2.29.